The van der Waals surface area contributed by atoms with Gasteiger partial charge in [0.2, 0.25) is 0 Å². The molecule has 0 spiro atoms. The Bertz CT molecular complexity index is 700. The highest BCUT2D eigenvalue weighted by Crippen LogP contribution is 2.40. The molecule has 0 bridgehead atoms. The molecule has 0 heterocycles. The number of fused-ring (bicyclic) bond motifs is 2. The number of benzene rings is 1. The Balaban J connectivity index is 2.28. The van der Waals surface area contributed by atoms with E-state index in [0.717, 1.165) is 0 Å². The van der Waals surface area contributed by atoms with Crippen LogP contribution in [-0.2, 0) is 0 Å². The molecule has 0 amide bonds. The first-order valence-electron chi connectivity index (χ1n) is 7.39. The van der Waals surface area contributed by atoms with Crippen LogP contribution in [0, 0.1) is 10.8 Å². The summed E-state index contributed by atoms with van der Waals surface area (Å²) in [7, 11) is 0. The Kier molecular flexibility index (Phi) is 2.84. The van der Waals surface area contributed by atoms with Crippen LogP contribution in [0.3, 0.4) is 0 Å². The van der Waals surface area contributed by atoms with Crippen LogP contribution in [0.15, 0.2) is 12.1 Å². The molecule has 0 unspecified atom stereocenters. The molecule has 0 atom stereocenters. The lowest BCUT2D eigenvalue weighted by atomic mass is 9.68. The summed E-state index contributed by atoms with van der Waals surface area (Å²) in [5, 5.41) is 0. The fourth-order valence-corrected chi connectivity index (χ4v) is 3.32. The molecule has 0 saturated carbocycles. The minimum atomic E-state index is -0.765. The molecule has 114 valence electrons. The second-order valence-electron chi connectivity index (χ2n) is 7.57. The highest BCUT2D eigenvalue weighted by atomic mass is 16.1. The van der Waals surface area contributed by atoms with Crippen LogP contribution in [-0.4, -0.2) is 23.1 Å². The van der Waals surface area contributed by atoms with Crippen molar-refractivity contribution in [2.24, 2.45) is 10.8 Å². The van der Waals surface area contributed by atoms with Crippen LogP contribution >= 0.6 is 0 Å². The Morgan fingerprint density at radius 3 is 1.27 bits per heavy atom. The quantitative estimate of drug-likeness (QED) is 0.737. The van der Waals surface area contributed by atoms with E-state index < -0.39 is 10.8 Å². The van der Waals surface area contributed by atoms with Crippen molar-refractivity contribution >= 4 is 23.1 Å². The van der Waals surface area contributed by atoms with Crippen LogP contribution in [0.4, 0.5) is 0 Å². The zero-order valence-corrected chi connectivity index (χ0v) is 13.2. The molecule has 2 aliphatic carbocycles. The standard InChI is InChI=1S/C18H18O4/c1-17(2)7-13(19)9-6-12-10(5-11(9)15(17)21)14(20)8-18(3,4)16(12)22/h5-6H,7-8H2,1-4H3. The van der Waals surface area contributed by atoms with Gasteiger partial charge >= 0.3 is 0 Å². The van der Waals surface area contributed by atoms with Crippen molar-refractivity contribution in [1.82, 2.24) is 0 Å². The molecule has 2 aliphatic rings. The summed E-state index contributed by atoms with van der Waals surface area (Å²) in [6.45, 7) is 6.91. The van der Waals surface area contributed by atoms with E-state index in [0.29, 0.717) is 0 Å². The van der Waals surface area contributed by atoms with Crippen molar-refractivity contribution in [3.63, 3.8) is 0 Å². The van der Waals surface area contributed by atoms with E-state index in [-0.39, 0.29) is 58.2 Å². The monoisotopic (exact) mass is 298 g/mol. The number of rotatable bonds is 0. The van der Waals surface area contributed by atoms with Crippen LogP contribution in [0.2, 0.25) is 0 Å². The average molecular weight is 298 g/mol. The first-order valence-corrected chi connectivity index (χ1v) is 7.39. The van der Waals surface area contributed by atoms with Crippen LogP contribution in [0.1, 0.15) is 82.0 Å². The number of hydrogen-bond donors (Lipinski definition) is 0. The lowest BCUT2D eigenvalue weighted by Gasteiger charge is -2.32. The first kappa shape index (κ1) is 14.8. The predicted octanol–water partition coefficient (Wildman–Crippen LogP) is 3.28. The van der Waals surface area contributed by atoms with Gasteiger partial charge in [0.05, 0.1) is 0 Å². The molecule has 1 aromatic carbocycles. The normalized spacial score (nSPS) is 22.4. The van der Waals surface area contributed by atoms with E-state index >= 15 is 0 Å². The molecule has 0 N–H and O–H groups in total. The van der Waals surface area contributed by atoms with Crippen molar-refractivity contribution in [3.8, 4) is 0 Å². The fraction of sp³-hybridized carbons (Fsp3) is 0.444. The Morgan fingerprint density at radius 2 is 0.955 bits per heavy atom. The van der Waals surface area contributed by atoms with Gasteiger partial charge in [-0.15, -0.1) is 0 Å². The lowest BCUT2D eigenvalue weighted by Crippen LogP contribution is -2.37. The van der Waals surface area contributed by atoms with E-state index in [1.165, 1.54) is 12.1 Å². The van der Waals surface area contributed by atoms with Gasteiger partial charge in [-0.25, -0.2) is 0 Å². The van der Waals surface area contributed by atoms with Gasteiger partial charge in [-0.3, -0.25) is 19.2 Å². The predicted molar refractivity (Wildman–Crippen MR) is 80.6 cm³/mol. The van der Waals surface area contributed by atoms with Gasteiger partial charge in [0.15, 0.2) is 23.1 Å². The van der Waals surface area contributed by atoms with Crippen molar-refractivity contribution < 1.29 is 19.2 Å². The number of ketones is 4. The maximum Gasteiger partial charge on any atom is 0.169 e. The molecule has 0 saturated heterocycles. The molecule has 4 heteroatoms. The fourth-order valence-electron chi connectivity index (χ4n) is 3.32. The number of Topliss-reactive ketones (excluding diaryl/α,β-unsaturated/α-hetero) is 4. The second-order valence-corrected chi connectivity index (χ2v) is 7.57. The molecular formula is C18H18O4. The molecule has 0 radical (unpaired) electrons. The van der Waals surface area contributed by atoms with Gasteiger partial charge in [0, 0.05) is 45.9 Å². The maximum absolute atomic E-state index is 12.5. The Labute approximate surface area is 128 Å². The highest BCUT2D eigenvalue weighted by molar-refractivity contribution is 6.22. The summed E-state index contributed by atoms with van der Waals surface area (Å²) in [4.78, 5) is 49.7. The van der Waals surface area contributed by atoms with Crippen molar-refractivity contribution in [2.75, 3.05) is 0 Å². The zero-order valence-electron chi connectivity index (χ0n) is 13.2. The van der Waals surface area contributed by atoms with Crippen LogP contribution in [0.25, 0.3) is 0 Å². The molecular weight excluding hydrogens is 280 g/mol. The van der Waals surface area contributed by atoms with Crippen LogP contribution in [0.5, 0.6) is 0 Å². The first-order chi connectivity index (χ1) is 10.0. The second kappa shape index (κ2) is 4.22. The number of hydrogen-bond acceptors (Lipinski definition) is 4. The largest absolute Gasteiger partial charge is 0.294 e. The molecule has 3 rings (SSSR count). The van der Waals surface area contributed by atoms with Gasteiger partial charge in [0.25, 0.3) is 0 Å². The van der Waals surface area contributed by atoms with E-state index in [2.05, 4.69) is 0 Å². The topological polar surface area (TPSA) is 68.3 Å². The molecule has 0 fully saturated rings. The van der Waals surface area contributed by atoms with E-state index in [4.69, 9.17) is 0 Å². The lowest BCUT2D eigenvalue weighted by molar-refractivity contribution is 0.0725. The van der Waals surface area contributed by atoms with E-state index in [1.54, 1.807) is 27.7 Å². The third-order valence-corrected chi connectivity index (χ3v) is 4.68. The van der Waals surface area contributed by atoms with Gasteiger partial charge in [0.1, 0.15) is 0 Å². The van der Waals surface area contributed by atoms with Crippen molar-refractivity contribution in [2.45, 2.75) is 40.5 Å². The van der Waals surface area contributed by atoms with Crippen molar-refractivity contribution in [3.05, 3.63) is 34.4 Å². The Hall–Kier alpha value is -2.10. The summed E-state index contributed by atoms with van der Waals surface area (Å²) in [5.41, 5.74) is -0.413. The molecule has 1 aromatic rings. The highest BCUT2D eigenvalue weighted by Gasteiger charge is 2.43. The smallest absolute Gasteiger partial charge is 0.169 e. The average Bonchev–Trinajstić information content (AvgIpc) is 2.40. The Morgan fingerprint density at radius 1 is 0.636 bits per heavy atom. The van der Waals surface area contributed by atoms with E-state index in [1.807, 2.05) is 0 Å². The van der Waals surface area contributed by atoms with Crippen LogP contribution < -0.4 is 0 Å². The molecule has 4 nitrogen and oxygen atoms in total. The summed E-state index contributed by atoms with van der Waals surface area (Å²) >= 11 is 0. The summed E-state index contributed by atoms with van der Waals surface area (Å²) in [6, 6.07) is 2.92. The van der Waals surface area contributed by atoms with Gasteiger partial charge < -0.3 is 0 Å². The minimum Gasteiger partial charge on any atom is -0.294 e. The number of carbonyl (C=O) groups is 4. The third-order valence-electron chi connectivity index (χ3n) is 4.68. The van der Waals surface area contributed by atoms with Gasteiger partial charge in [-0.05, 0) is 12.1 Å². The number of carbonyl (C=O) groups excluding carboxylic acids is 4. The maximum atomic E-state index is 12.5. The summed E-state index contributed by atoms with van der Waals surface area (Å²) < 4.78 is 0. The summed E-state index contributed by atoms with van der Waals surface area (Å²) in [5.74, 6) is -0.581. The minimum absolute atomic E-state index is 0.128. The van der Waals surface area contributed by atoms with Gasteiger partial charge in [-0.1, -0.05) is 27.7 Å². The SMILES string of the molecule is CC1(C)CC(=O)c2cc3c(cc2C1=O)C(=O)CC(C)(C)C3=O. The molecule has 0 aliphatic heterocycles. The van der Waals surface area contributed by atoms with E-state index in [9.17, 15) is 19.2 Å². The molecule has 0 aromatic heterocycles. The molecule has 22 heavy (non-hydrogen) atoms. The summed E-state index contributed by atoms with van der Waals surface area (Å²) in [6.07, 6.45) is 0.256. The van der Waals surface area contributed by atoms with Crippen molar-refractivity contribution in [1.29, 1.82) is 0 Å². The third kappa shape index (κ3) is 1.90. The zero-order chi connectivity index (χ0) is 16.4. The van der Waals surface area contributed by atoms with Gasteiger partial charge in [-0.2, -0.15) is 0 Å².